The second kappa shape index (κ2) is 10.6. The fraction of sp³-hybridized carbons (Fsp3) is 0.500. The molecular weight excluding hydrogens is 484 g/mol. The first-order chi connectivity index (χ1) is 17.9. The first kappa shape index (κ1) is 24.8. The van der Waals surface area contributed by atoms with Gasteiger partial charge in [0, 0.05) is 25.7 Å². The Hall–Kier alpha value is -3.84. The summed E-state index contributed by atoms with van der Waals surface area (Å²) in [5.41, 5.74) is 0.591. The zero-order valence-corrected chi connectivity index (χ0v) is 20.4. The molecule has 5 rings (SSSR count). The molecule has 13 nitrogen and oxygen atoms in total. The summed E-state index contributed by atoms with van der Waals surface area (Å²) in [6.07, 6.45) is 1.67. The number of methoxy groups -OCH3 is 1. The van der Waals surface area contributed by atoms with Gasteiger partial charge in [0.15, 0.2) is 5.82 Å². The summed E-state index contributed by atoms with van der Waals surface area (Å²) < 4.78 is 16.2. The highest BCUT2D eigenvalue weighted by atomic mass is 16.5. The van der Waals surface area contributed by atoms with Gasteiger partial charge in [0.1, 0.15) is 12.3 Å². The van der Waals surface area contributed by atoms with Gasteiger partial charge in [-0.1, -0.05) is 17.3 Å². The van der Waals surface area contributed by atoms with E-state index in [0.717, 1.165) is 22.6 Å². The molecule has 0 unspecified atom stereocenters. The standard InChI is InChI=1S/C24H28N6O7/c1-35-18-5-3-2-4-17(18)28(12-16-14-36-9-8-25-16)21(31)10-19-26-20(37-27-19)13-30-23(33)22(32)29(24(30)34)11-15-6-7-15/h2-5,15-16,25H,6-14H2,1H3/t16-/m0/s1. The number of para-hydroxylation sites is 2. The van der Waals surface area contributed by atoms with Crippen LogP contribution in [-0.2, 0) is 32.1 Å². The van der Waals surface area contributed by atoms with E-state index in [0.29, 0.717) is 37.7 Å². The number of carbonyl (C=O) groups excluding carboxylic acids is 4. The van der Waals surface area contributed by atoms with Gasteiger partial charge in [-0.15, -0.1) is 0 Å². The smallest absolute Gasteiger partial charge is 0.334 e. The Morgan fingerprint density at radius 2 is 1.97 bits per heavy atom. The lowest BCUT2D eigenvalue weighted by molar-refractivity contribution is -0.143. The fourth-order valence-corrected chi connectivity index (χ4v) is 4.35. The van der Waals surface area contributed by atoms with Crippen molar-refractivity contribution in [3.05, 3.63) is 36.0 Å². The number of amides is 5. The van der Waals surface area contributed by atoms with Crippen molar-refractivity contribution in [1.29, 1.82) is 0 Å². The average molecular weight is 513 g/mol. The quantitative estimate of drug-likeness (QED) is 0.349. The summed E-state index contributed by atoms with van der Waals surface area (Å²) in [6, 6.07) is 6.42. The van der Waals surface area contributed by atoms with E-state index >= 15 is 0 Å². The Balaban J connectivity index is 1.28. The van der Waals surface area contributed by atoms with Gasteiger partial charge in [0.05, 0.1) is 32.4 Å². The monoisotopic (exact) mass is 512 g/mol. The van der Waals surface area contributed by atoms with Gasteiger partial charge in [-0.25, -0.2) is 9.69 Å². The van der Waals surface area contributed by atoms with Crippen LogP contribution in [-0.4, -0.2) is 89.7 Å². The van der Waals surface area contributed by atoms with Crippen LogP contribution in [0.2, 0.25) is 0 Å². The van der Waals surface area contributed by atoms with Crippen LogP contribution >= 0.6 is 0 Å². The van der Waals surface area contributed by atoms with Crippen molar-refractivity contribution < 1.29 is 33.2 Å². The molecule has 13 heteroatoms. The van der Waals surface area contributed by atoms with Crippen LogP contribution in [0.1, 0.15) is 24.6 Å². The molecule has 1 aromatic heterocycles. The topological polar surface area (TPSA) is 147 Å². The number of hydrogen-bond acceptors (Lipinski definition) is 10. The largest absolute Gasteiger partial charge is 0.495 e. The zero-order chi connectivity index (χ0) is 25.9. The minimum Gasteiger partial charge on any atom is -0.495 e. The van der Waals surface area contributed by atoms with Gasteiger partial charge in [0.2, 0.25) is 11.8 Å². The molecule has 37 heavy (non-hydrogen) atoms. The van der Waals surface area contributed by atoms with Gasteiger partial charge in [0.25, 0.3) is 0 Å². The number of morpholine rings is 1. The maximum atomic E-state index is 13.4. The minimum absolute atomic E-state index is 0.0447. The molecule has 1 aromatic carbocycles. The molecule has 1 atom stereocenters. The van der Waals surface area contributed by atoms with Gasteiger partial charge in [-0.3, -0.25) is 19.3 Å². The molecule has 1 saturated carbocycles. The number of anilines is 1. The lowest BCUT2D eigenvalue weighted by Crippen LogP contribution is -2.50. The summed E-state index contributed by atoms with van der Waals surface area (Å²) in [4.78, 5) is 58.1. The molecule has 0 radical (unpaired) electrons. The molecule has 0 bridgehead atoms. The first-order valence-corrected chi connectivity index (χ1v) is 12.2. The van der Waals surface area contributed by atoms with E-state index < -0.39 is 17.8 Å². The summed E-state index contributed by atoms with van der Waals surface area (Å²) in [7, 11) is 1.53. The summed E-state index contributed by atoms with van der Waals surface area (Å²) in [6.45, 7) is 1.98. The van der Waals surface area contributed by atoms with Crippen LogP contribution in [0.5, 0.6) is 5.75 Å². The SMILES string of the molecule is COc1ccccc1N(C[C@H]1COCCN1)C(=O)Cc1noc(CN2C(=O)C(=O)N(CC3CC3)C2=O)n1. The van der Waals surface area contributed by atoms with Crippen LogP contribution in [0.3, 0.4) is 0 Å². The summed E-state index contributed by atoms with van der Waals surface area (Å²) >= 11 is 0. The van der Waals surface area contributed by atoms with Gasteiger partial charge >= 0.3 is 17.8 Å². The normalized spacial score (nSPS) is 20.0. The molecular formula is C24H28N6O7. The Morgan fingerprint density at radius 3 is 2.70 bits per heavy atom. The number of urea groups is 1. The van der Waals surface area contributed by atoms with Crippen molar-refractivity contribution in [2.75, 3.05) is 44.9 Å². The van der Waals surface area contributed by atoms with Crippen molar-refractivity contribution in [3.8, 4) is 5.75 Å². The van der Waals surface area contributed by atoms with E-state index in [4.69, 9.17) is 14.0 Å². The molecule has 196 valence electrons. The lowest BCUT2D eigenvalue weighted by Gasteiger charge is -2.31. The predicted octanol–water partition coefficient (Wildman–Crippen LogP) is 0.343. The van der Waals surface area contributed by atoms with Gasteiger partial charge < -0.3 is 24.2 Å². The number of aromatic nitrogens is 2. The average Bonchev–Trinajstić information content (AvgIpc) is 3.60. The van der Waals surface area contributed by atoms with E-state index in [1.165, 1.54) is 7.11 Å². The van der Waals surface area contributed by atoms with E-state index in [1.807, 2.05) is 12.1 Å². The van der Waals surface area contributed by atoms with Crippen LogP contribution in [0.4, 0.5) is 10.5 Å². The second-order valence-electron chi connectivity index (χ2n) is 9.22. The van der Waals surface area contributed by atoms with E-state index in [-0.39, 0.29) is 49.1 Å². The molecule has 1 N–H and O–H groups in total. The third-order valence-corrected chi connectivity index (χ3v) is 6.46. The molecule has 5 amide bonds. The molecule has 3 aliphatic rings. The van der Waals surface area contributed by atoms with Crippen LogP contribution in [0.15, 0.2) is 28.8 Å². The number of benzene rings is 1. The van der Waals surface area contributed by atoms with E-state index in [2.05, 4.69) is 15.5 Å². The van der Waals surface area contributed by atoms with Gasteiger partial charge in [-0.05, 0) is 30.9 Å². The fourth-order valence-electron chi connectivity index (χ4n) is 4.35. The van der Waals surface area contributed by atoms with E-state index in [9.17, 15) is 19.2 Å². The zero-order valence-electron chi connectivity index (χ0n) is 20.4. The number of rotatable bonds is 10. The maximum absolute atomic E-state index is 13.4. The molecule has 0 spiro atoms. The van der Waals surface area contributed by atoms with Gasteiger partial charge in [-0.2, -0.15) is 4.98 Å². The molecule has 2 saturated heterocycles. The van der Waals surface area contributed by atoms with Crippen molar-refractivity contribution in [1.82, 2.24) is 25.3 Å². The summed E-state index contributed by atoms with van der Waals surface area (Å²) in [5, 5.41) is 7.20. The van der Waals surface area contributed by atoms with Crippen molar-refractivity contribution >= 4 is 29.4 Å². The minimum atomic E-state index is -0.925. The van der Waals surface area contributed by atoms with Crippen LogP contribution in [0.25, 0.3) is 0 Å². The lowest BCUT2D eigenvalue weighted by atomic mass is 10.2. The Kier molecular flexibility index (Phi) is 7.15. The molecule has 3 fully saturated rings. The highest BCUT2D eigenvalue weighted by Gasteiger charge is 2.46. The van der Waals surface area contributed by atoms with Crippen molar-refractivity contribution in [2.24, 2.45) is 5.92 Å². The van der Waals surface area contributed by atoms with Crippen molar-refractivity contribution in [3.63, 3.8) is 0 Å². The molecule has 2 aliphatic heterocycles. The highest BCUT2D eigenvalue weighted by molar-refractivity contribution is 6.44. The Morgan fingerprint density at radius 1 is 1.19 bits per heavy atom. The molecule has 1 aliphatic carbocycles. The highest BCUT2D eigenvalue weighted by Crippen LogP contribution is 2.31. The summed E-state index contributed by atoms with van der Waals surface area (Å²) in [5.74, 6) is -1.24. The number of carbonyl (C=O) groups is 4. The third kappa shape index (κ3) is 5.47. The third-order valence-electron chi connectivity index (χ3n) is 6.46. The number of nitrogens with zero attached hydrogens (tertiary/aromatic N) is 5. The Labute approximate surface area is 212 Å². The van der Waals surface area contributed by atoms with Crippen LogP contribution in [0, 0.1) is 5.92 Å². The predicted molar refractivity (Wildman–Crippen MR) is 126 cm³/mol. The molecule has 2 aromatic rings. The second-order valence-corrected chi connectivity index (χ2v) is 9.22. The first-order valence-electron chi connectivity index (χ1n) is 12.2. The number of hydrogen-bond donors (Lipinski definition) is 1. The number of imide groups is 2. The number of ether oxygens (including phenoxy) is 2. The van der Waals surface area contributed by atoms with Crippen LogP contribution < -0.4 is 15.0 Å². The Bertz CT molecular complexity index is 1190. The molecule has 3 heterocycles. The van der Waals surface area contributed by atoms with E-state index in [1.54, 1.807) is 17.0 Å². The number of nitrogens with one attached hydrogen (secondary N) is 1. The van der Waals surface area contributed by atoms with Crippen molar-refractivity contribution in [2.45, 2.75) is 31.8 Å². The maximum Gasteiger partial charge on any atom is 0.334 e.